The first-order valence-corrected chi connectivity index (χ1v) is 12.2. The molecule has 1 aliphatic heterocycles. The summed E-state index contributed by atoms with van der Waals surface area (Å²) in [6.07, 6.45) is 2.56. The highest BCUT2D eigenvalue weighted by molar-refractivity contribution is 5.92. The number of esters is 1. The number of benzene rings is 1. The van der Waals surface area contributed by atoms with Crippen LogP contribution >= 0.6 is 0 Å². The van der Waals surface area contributed by atoms with Crippen LogP contribution in [0, 0.1) is 0 Å². The van der Waals surface area contributed by atoms with E-state index in [1.807, 2.05) is 13.2 Å². The molecule has 0 atom stereocenters. The van der Waals surface area contributed by atoms with Gasteiger partial charge in [0.15, 0.2) is 5.69 Å². The van der Waals surface area contributed by atoms with Crippen LogP contribution in [-0.2, 0) is 23.6 Å². The highest BCUT2D eigenvalue weighted by Crippen LogP contribution is 2.43. The molecule has 2 aliphatic rings. The number of likely N-dealkylation sites (N-methyl/N-ethyl adjacent to an activating group) is 1. The number of hydrogen-bond donors (Lipinski definition) is 1. The van der Waals surface area contributed by atoms with Gasteiger partial charge >= 0.3 is 5.97 Å². The molecule has 9 heteroatoms. The van der Waals surface area contributed by atoms with Crippen molar-refractivity contribution < 1.29 is 9.53 Å². The maximum absolute atomic E-state index is 12.6. The fourth-order valence-electron chi connectivity index (χ4n) is 5.00. The maximum Gasteiger partial charge on any atom is 0.359 e. The van der Waals surface area contributed by atoms with Gasteiger partial charge in [0.05, 0.1) is 18.0 Å². The second-order valence-corrected chi connectivity index (χ2v) is 10.00. The Morgan fingerprint density at radius 3 is 2.51 bits per heavy atom. The Bertz CT molecular complexity index is 1240. The molecule has 3 aromatic rings. The molecule has 2 aromatic heterocycles. The molecule has 1 saturated heterocycles. The third-order valence-electron chi connectivity index (χ3n) is 6.97. The fraction of sp³-hybridized carbons (Fsp3) is 0.462. The van der Waals surface area contributed by atoms with Crippen molar-refractivity contribution in [2.45, 2.75) is 32.6 Å². The summed E-state index contributed by atoms with van der Waals surface area (Å²) in [6.45, 7) is 10.6. The predicted octanol–water partition coefficient (Wildman–Crippen LogP) is 3.38. The molecule has 0 amide bonds. The molecule has 0 saturated carbocycles. The van der Waals surface area contributed by atoms with E-state index in [4.69, 9.17) is 9.72 Å². The Morgan fingerprint density at radius 2 is 1.83 bits per heavy atom. The highest BCUT2D eigenvalue weighted by atomic mass is 16.5. The van der Waals surface area contributed by atoms with E-state index in [2.05, 4.69) is 70.4 Å². The number of ether oxygens (including phenoxy) is 1. The zero-order valence-electron chi connectivity index (χ0n) is 21.1. The lowest BCUT2D eigenvalue weighted by molar-refractivity contribution is 0.0517. The van der Waals surface area contributed by atoms with E-state index in [0.29, 0.717) is 24.7 Å². The molecule has 9 nitrogen and oxygen atoms in total. The first kappa shape index (κ1) is 23.3. The lowest BCUT2D eigenvalue weighted by Crippen LogP contribution is -2.44. The molecule has 1 fully saturated rings. The third-order valence-corrected chi connectivity index (χ3v) is 6.97. The van der Waals surface area contributed by atoms with Gasteiger partial charge < -0.3 is 19.9 Å². The first-order valence-electron chi connectivity index (χ1n) is 12.2. The van der Waals surface area contributed by atoms with E-state index in [0.717, 1.165) is 54.4 Å². The monoisotopic (exact) mass is 475 g/mol. The van der Waals surface area contributed by atoms with Gasteiger partial charge in [-0.15, -0.1) is 0 Å². The summed E-state index contributed by atoms with van der Waals surface area (Å²) in [5, 5.41) is 7.85. The number of aromatic nitrogens is 4. The second-order valence-electron chi connectivity index (χ2n) is 10.00. The molecule has 5 rings (SSSR count). The number of fused-ring (bicyclic) bond motifs is 3. The molecule has 0 bridgehead atoms. The third kappa shape index (κ3) is 4.36. The van der Waals surface area contributed by atoms with Crippen LogP contribution in [0.1, 0.15) is 42.4 Å². The molecule has 1 aromatic carbocycles. The number of hydrogen-bond acceptors (Lipinski definition) is 8. The lowest BCUT2D eigenvalue weighted by Gasteiger charge is -2.34. The van der Waals surface area contributed by atoms with Crippen molar-refractivity contribution in [3.63, 3.8) is 0 Å². The highest BCUT2D eigenvalue weighted by Gasteiger charge is 2.38. The van der Waals surface area contributed by atoms with Gasteiger partial charge in [-0.05, 0) is 50.1 Å². The minimum Gasteiger partial charge on any atom is -0.461 e. The molecule has 1 N–H and O–H groups in total. The minimum absolute atomic E-state index is 0.241. The van der Waals surface area contributed by atoms with Crippen molar-refractivity contribution in [3.05, 3.63) is 47.3 Å². The van der Waals surface area contributed by atoms with Crippen LogP contribution in [0.4, 0.5) is 17.3 Å². The maximum atomic E-state index is 12.6. The number of rotatable bonds is 5. The van der Waals surface area contributed by atoms with Crippen LogP contribution in [0.15, 0.2) is 30.5 Å². The molecule has 0 unspecified atom stereocenters. The van der Waals surface area contributed by atoms with Gasteiger partial charge in [-0.2, -0.15) is 5.10 Å². The molecule has 0 radical (unpaired) electrons. The lowest BCUT2D eigenvalue weighted by atomic mass is 9.73. The quantitative estimate of drug-likeness (QED) is 0.562. The molecular weight excluding hydrogens is 442 g/mol. The Kier molecular flexibility index (Phi) is 5.96. The summed E-state index contributed by atoms with van der Waals surface area (Å²) < 4.78 is 6.99. The van der Waals surface area contributed by atoms with E-state index < -0.39 is 5.97 Å². The standard InChI is InChI=1S/C26H33N7O2/c1-6-35-24(34)21-19-15-26(2,3)20-16-27-25(29-22(20)23(19)32(5)30-21)28-17-7-9-18(10-8-17)33-13-11-31(4)12-14-33/h7-10,16H,6,11-15H2,1-5H3,(H,27,28,29). The van der Waals surface area contributed by atoms with Crippen molar-refractivity contribution in [3.8, 4) is 11.4 Å². The van der Waals surface area contributed by atoms with Crippen molar-refractivity contribution in [1.29, 1.82) is 0 Å². The summed E-state index contributed by atoms with van der Waals surface area (Å²) in [4.78, 5) is 26.8. The number of carbonyl (C=O) groups excluding carboxylic acids is 1. The number of anilines is 3. The molecule has 35 heavy (non-hydrogen) atoms. The zero-order valence-corrected chi connectivity index (χ0v) is 21.1. The van der Waals surface area contributed by atoms with Crippen LogP contribution in [0.2, 0.25) is 0 Å². The largest absolute Gasteiger partial charge is 0.461 e. The Hall–Kier alpha value is -3.46. The van der Waals surface area contributed by atoms with Gasteiger partial charge in [0.25, 0.3) is 0 Å². The Labute approximate surface area is 206 Å². The number of nitrogens with one attached hydrogen (secondary N) is 1. The van der Waals surface area contributed by atoms with Gasteiger partial charge in [0.1, 0.15) is 0 Å². The van der Waals surface area contributed by atoms with E-state index in [-0.39, 0.29) is 5.41 Å². The molecule has 1 aliphatic carbocycles. The van der Waals surface area contributed by atoms with Gasteiger partial charge in [-0.25, -0.2) is 14.8 Å². The second kappa shape index (κ2) is 8.96. The molecule has 3 heterocycles. The van der Waals surface area contributed by atoms with Gasteiger partial charge in [-0.3, -0.25) is 4.68 Å². The average molecular weight is 476 g/mol. The van der Waals surface area contributed by atoms with Crippen molar-refractivity contribution in [2.75, 3.05) is 50.1 Å². The predicted molar refractivity (Wildman–Crippen MR) is 136 cm³/mol. The summed E-state index contributed by atoms with van der Waals surface area (Å²) in [5.74, 6) is 0.120. The van der Waals surface area contributed by atoms with E-state index in [9.17, 15) is 4.79 Å². The van der Waals surface area contributed by atoms with Crippen LogP contribution < -0.4 is 10.2 Å². The number of nitrogens with zero attached hydrogens (tertiary/aromatic N) is 6. The topological polar surface area (TPSA) is 88.4 Å². The van der Waals surface area contributed by atoms with Crippen LogP contribution in [0.3, 0.4) is 0 Å². The number of piperazine rings is 1. The number of aryl methyl sites for hydroxylation is 1. The van der Waals surface area contributed by atoms with E-state index >= 15 is 0 Å². The van der Waals surface area contributed by atoms with E-state index in [1.165, 1.54) is 5.69 Å². The summed E-state index contributed by atoms with van der Waals surface area (Å²) in [7, 11) is 4.01. The van der Waals surface area contributed by atoms with Crippen molar-refractivity contribution in [2.24, 2.45) is 7.05 Å². The van der Waals surface area contributed by atoms with Crippen LogP contribution in [0.5, 0.6) is 0 Å². The molecular formula is C26H33N7O2. The summed E-state index contributed by atoms with van der Waals surface area (Å²) >= 11 is 0. The minimum atomic E-state index is -0.392. The summed E-state index contributed by atoms with van der Waals surface area (Å²) in [5.41, 5.74) is 5.85. The Balaban J connectivity index is 1.43. The molecule has 0 spiro atoms. The first-order chi connectivity index (χ1) is 16.8. The van der Waals surface area contributed by atoms with Crippen LogP contribution in [0.25, 0.3) is 11.4 Å². The Morgan fingerprint density at radius 1 is 1.11 bits per heavy atom. The van der Waals surface area contributed by atoms with Gasteiger partial charge in [0, 0.05) is 61.9 Å². The number of carbonyl (C=O) groups is 1. The normalized spacial score (nSPS) is 17.0. The van der Waals surface area contributed by atoms with Crippen molar-refractivity contribution >= 4 is 23.3 Å². The van der Waals surface area contributed by atoms with Gasteiger partial charge in [0.2, 0.25) is 5.95 Å². The van der Waals surface area contributed by atoms with E-state index in [1.54, 1.807) is 11.6 Å². The smallest absolute Gasteiger partial charge is 0.359 e. The zero-order chi connectivity index (χ0) is 24.7. The summed E-state index contributed by atoms with van der Waals surface area (Å²) in [6, 6.07) is 8.41. The van der Waals surface area contributed by atoms with Gasteiger partial charge in [-0.1, -0.05) is 13.8 Å². The average Bonchev–Trinajstić information content (AvgIpc) is 3.15. The SMILES string of the molecule is CCOC(=O)c1nn(C)c2c1CC(C)(C)c1cnc(Nc3ccc(N4CCN(C)CC4)cc3)nc1-2. The fourth-order valence-corrected chi connectivity index (χ4v) is 5.00. The van der Waals surface area contributed by atoms with Crippen LogP contribution in [-0.4, -0.2) is 70.5 Å². The van der Waals surface area contributed by atoms with Crippen molar-refractivity contribution in [1.82, 2.24) is 24.6 Å². The molecule has 184 valence electrons.